The lowest BCUT2D eigenvalue weighted by Crippen LogP contribution is -2.37. The molecule has 3 aromatic rings. The molecule has 1 aliphatic heterocycles. The highest BCUT2D eigenvalue weighted by Gasteiger charge is 2.28. The van der Waals surface area contributed by atoms with Gasteiger partial charge in [-0.15, -0.1) is 0 Å². The molecule has 4 rings (SSSR count). The molecule has 0 amide bonds. The van der Waals surface area contributed by atoms with Crippen molar-refractivity contribution < 1.29 is 23.5 Å². The maximum absolute atomic E-state index is 12.5. The molecule has 150 valence electrons. The van der Waals surface area contributed by atoms with E-state index in [2.05, 4.69) is 14.6 Å². The van der Waals surface area contributed by atoms with Crippen LogP contribution in [0.1, 0.15) is 18.4 Å². The number of fused-ring (bicyclic) bond motifs is 1. The largest absolute Gasteiger partial charge is 0.469 e. The molecule has 1 saturated heterocycles. The highest BCUT2D eigenvalue weighted by atomic mass is 16.5. The molecule has 1 aromatic heterocycles. The standard InChI is InChI=1S/C22H22N2O5/c1-27-20(25)14-15-6-8-17(9-7-15)28-21(26)16-10-12-24(13-11-16)22-23-18-4-2-3-5-19(18)29-22/h2-9,16H,10-14H2,1H3. The van der Waals surface area contributed by atoms with E-state index in [-0.39, 0.29) is 24.3 Å². The molecule has 0 spiro atoms. The van der Waals surface area contributed by atoms with E-state index in [1.807, 2.05) is 24.3 Å². The van der Waals surface area contributed by atoms with E-state index in [0.717, 1.165) is 16.7 Å². The van der Waals surface area contributed by atoms with E-state index in [1.54, 1.807) is 24.3 Å². The van der Waals surface area contributed by atoms with Gasteiger partial charge in [0.1, 0.15) is 11.3 Å². The molecule has 0 aliphatic carbocycles. The number of benzene rings is 2. The number of hydrogen-bond donors (Lipinski definition) is 0. The van der Waals surface area contributed by atoms with Gasteiger partial charge in [-0.2, -0.15) is 4.98 Å². The van der Waals surface area contributed by atoms with Gasteiger partial charge in [0, 0.05) is 13.1 Å². The Kier molecular flexibility index (Phi) is 5.46. The van der Waals surface area contributed by atoms with Crippen molar-refractivity contribution in [3.8, 4) is 5.75 Å². The van der Waals surface area contributed by atoms with E-state index >= 15 is 0 Å². The smallest absolute Gasteiger partial charge is 0.314 e. The van der Waals surface area contributed by atoms with Crippen LogP contribution in [0.25, 0.3) is 11.1 Å². The van der Waals surface area contributed by atoms with Gasteiger partial charge in [0.25, 0.3) is 6.01 Å². The minimum Gasteiger partial charge on any atom is -0.469 e. The molecule has 1 aliphatic rings. The highest BCUT2D eigenvalue weighted by molar-refractivity contribution is 5.76. The Hall–Kier alpha value is -3.35. The van der Waals surface area contributed by atoms with Crippen molar-refractivity contribution in [3.05, 3.63) is 54.1 Å². The molecule has 7 nitrogen and oxygen atoms in total. The fourth-order valence-corrected chi connectivity index (χ4v) is 3.42. The molecule has 0 N–H and O–H groups in total. The fraction of sp³-hybridized carbons (Fsp3) is 0.318. The summed E-state index contributed by atoms with van der Waals surface area (Å²) >= 11 is 0. The molecule has 0 radical (unpaired) electrons. The van der Waals surface area contributed by atoms with Crippen LogP contribution in [0.3, 0.4) is 0 Å². The normalized spacial score (nSPS) is 14.7. The lowest BCUT2D eigenvalue weighted by Gasteiger charge is -2.29. The predicted molar refractivity (Wildman–Crippen MR) is 107 cm³/mol. The molecular weight excluding hydrogens is 372 g/mol. The number of ether oxygens (including phenoxy) is 2. The van der Waals surface area contributed by atoms with Crippen molar-refractivity contribution in [2.24, 2.45) is 5.92 Å². The number of aromatic nitrogens is 1. The van der Waals surface area contributed by atoms with Gasteiger partial charge in [-0.3, -0.25) is 9.59 Å². The van der Waals surface area contributed by atoms with Crippen LogP contribution in [-0.4, -0.2) is 37.1 Å². The zero-order chi connectivity index (χ0) is 20.2. The quantitative estimate of drug-likeness (QED) is 0.485. The van der Waals surface area contributed by atoms with E-state index < -0.39 is 0 Å². The van der Waals surface area contributed by atoms with Gasteiger partial charge in [0.15, 0.2) is 5.58 Å². The number of anilines is 1. The minimum atomic E-state index is -0.305. The topological polar surface area (TPSA) is 81.9 Å². The summed E-state index contributed by atoms with van der Waals surface area (Å²) < 4.78 is 16.0. The Morgan fingerprint density at radius 1 is 1.10 bits per heavy atom. The van der Waals surface area contributed by atoms with Gasteiger partial charge in [-0.25, -0.2) is 0 Å². The van der Waals surface area contributed by atoms with Gasteiger partial charge < -0.3 is 18.8 Å². The second-order valence-corrected chi connectivity index (χ2v) is 7.04. The average Bonchev–Trinajstić information content (AvgIpc) is 3.19. The van der Waals surface area contributed by atoms with Crippen LogP contribution in [-0.2, 0) is 20.7 Å². The summed E-state index contributed by atoms with van der Waals surface area (Å²) in [5.41, 5.74) is 2.41. The molecular formula is C22H22N2O5. The highest BCUT2D eigenvalue weighted by Crippen LogP contribution is 2.27. The maximum Gasteiger partial charge on any atom is 0.314 e. The Balaban J connectivity index is 1.31. The number of hydrogen-bond acceptors (Lipinski definition) is 7. The maximum atomic E-state index is 12.5. The Morgan fingerprint density at radius 2 is 1.83 bits per heavy atom. The number of oxazole rings is 1. The minimum absolute atomic E-state index is 0.162. The van der Waals surface area contributed by atoms with Crippen LogP contribution in [0.15, 0.2) is 52.9 Å². The summed E-state index contributed by atoms with van der Waals surface area (Å²) in [6, 6.07) is 15.2. The fourth-order valence-electron chi connectivity index (χ4n) is 3.42. The molecule has 29 heavy (non-hydrogen) atoms. The third kappa shape index (κ3) is 4.39. The third-order valence-corrected chi connectivity index (χ3v) is 5.10. The summed E-state index contributed by atoms with van der Waals surface area (Å²) in [6.07, 6.45) is 1.55. The molecule has 2 aromatic carbocycles. The summed E-state index contributed by atoms with van der Waals surface area (Å²) in [6.45, 7) is 1.37. The van der Waals surface area contributed by atoms with Crippen LogP contribution < -0.4 is 9.64 Å². The van der Waals surface area contributed by atoms with E-state index in [1.165, 1.54) is 7.11 Å². The molecule has 0 unspecified atom stereocenters. The molecule has 7 heteroatoms. The van der Waals surface area contributed by atoms with Crippen LogP contribution >= 0.6 is 0 Å². The van der Waals surface area contributed by atoms with Crippen molar-refractivity contribution in [3.63, 3.8) is 0 Å². The summed E-state index contributed by atoms with van der Waals surface area (Å²) in [7, 11) is 1.36. The number of piperidine rings is 1. The zero-order valence-corrected chi connectivity index (χ0v) is 16.2. The van der Waals surface area contributed by atoms with Crippen LogP contribution in [0.5, 0.6) is 5.75 Å². The van der Waals surface area contributed by atoms with E-state index in [9.17, 15) is 9.59 Å². The lowest BCUT2D eigenvalue weighted by atomic mass is 9.97. The number of rotatable bonds is 5. The van der Waals surface area contributed by atoms with Crippen LogP contribution in [0.4, 0.5) is 6.01 Å². The number of nitrogens with zero attached hydrogens (tertiary/aromatic N) is 2. The van der Waals surface area contributed by atoms with Gasteiger partial charge >= 0.3 is 11.9 Å². The summed E-state index contributed by atoms with van der Waals surface area (Å²) in [5, 5.41) is 0. The van der Waals surface area contributed by atoms with Crippen molar-refractivity contribution in [1.29, 1.82) is 0 Å². The summed E-state index contributed by atoms with van der Waals surface area (Å²) in [4.78, 5) is 30.4. The van der Waals surface area contributed by atoms with Gasteiger partial charge in [0.05, 0.1) is 19.4 Å². The van der Waals surface area contributed by atoms with Crippen molar-refractivity contribution in [2.45, 2.75) is 19.3 Å². The van der Waals surface area contributed by atoms with Gasteiger partial charge in [-0.1, -0.05) is 24.3 Å². The first kappa shape index (κ1) is 19.0. The number of carbonyl (C=O) groups excluding carboxylic acids is 2. The zero-order valence-electron chi connectivity index (χ0n) is 16.2. The first-order valence-corrected chi connectivity index (χ1v) is 9.60. The van der Waals surface area contributed by atoms with Gasteiger partial charge in [-0.05, 0) is 42.7 Å². The molecule has 0 bridgehead atoms. The SMILES string of the molecule is COC(=O)Cc1ccc(OC(=O)C2CCN(c3nc4ccccc4o3)CC2)cc1. The lowest BCUT2D eigenvalue weighted by molar-refractivity contribution is -0.140. The first-order chi connectivity index (χ1) is 14.1. The van der Waals surface area contributed by atoms with Crippen molar-refractivity contribution in [2.75, 3.05) is 25.1 Å². The second-order valence-electron chi connectivity index (χ2n) is 7.04. The van der Waals surface area contributed by atoms with Crippen LogP contribution in [0, 0.1) is 5.92 Å². The average molecular weight is 394 g/mol. The third-order valence-electron chi connectivity index (χ3n) is 5.10. The molecule has 1 fully saturated rings. The Bertz CT molecular complexity index is 970. The van der Waals surface area contributed by atoms with E-state index in [0.29, 0.717) is 37.7 Å². The monoisotopic (exact) mass is 394 g/mol. The number of esters is 2. The van der Waals surface area contributed by atoms with Crippen molar-refractivity contribution in [1.82, 2.24) is 4.98 Å². The van der Waals surface area contributed by atoms with E-state index in [4.69, 9.17) is 9.15 Å². The predicted octanol–water partition coefficient (Wildman–Crippen LogP) is 3.37. The second kappa shape index (κ2) is 8.34. The molecule has 0 atom stereocenters. The number of para-hydroxylation sites is 2. The summed E-state index contributed by atoms with van der Waals surface area (Å²) in [5.74, 6) is -0.223. The first-order valence-electron chi connectivity index (χ1n) is 9.60. The number of methoxy groups -OCH3 is 1. The van der Waals surface area contributed by atoms with Crippen molar-refractivity contribution >= 4 is 29.1 Å². The number of carbonyl (C=O) groups is 2. The molecule has 2 heterocycles. The molecule has 0 saturated carbocycles. The Morgan fingerprint density at radius 3 is 2.52 bits per heavy atom. The Labute approximate surface area is 168 Å². The van der Waals surface area contributed by atoms with Crippen LogP contribution in [0.2, 0.25) is 0 Å². The van der Waals surface area contributed by atoms with Gasteiger partial charge in [0.2, 0.25) is 0 Å².